The summed E-state index contributed by atoms with van der Waals surface area (Å²) in [6.07, 6.45) is 5.82. The molecule has 3 rings (SSSR count). The van der Waals surface area contributed by atoms with E-state index in [2.05, 4.69) is 23.1 Å². The number of hydrogen-bond acceptors (Lipinski definition) is 2. The molecule has 0 atom stereocenters. The van der Waals surface area contributed by atoms with Gasteiger partial charge < -0.3 is 4.90 Å². The van der Waals surface area contributed by atoms with Crippen LogP contribution in [0, 0.1) is 5.92 Å². The standard InChI is InChI=1S/C12H15ClN2.C2H6/c1-3-10-12(14-11(13)4-2)9-5-7-15(10)8-6-9;1-2/h3-4,9H,1-2,5-8H2;1-2H3. The van der Waals surface area contributed by atoms with Crippen LogP contribution in [0.5, 0.6) is 0 Å². The molecule has 3 heteroatoms. The van der Waals surface area contributed by atoms with Crippen molar-refractivity contribution in [3.63, 3.8) is 0 Å². The van der Waals surface area contributed by atoms with Crippen LogP contribution in [-0.2, 0) is 0 Å². The Hall–Kier alpha value is -1.02. The number of rotatable bonds is 3. The SMILES string of the molecule is C=CC(Cl)=NC1=C(C=C)N2CCC1CC2.CC. The fourth-order valence-electron chi connectivity index (χ4n) is 2.31. The van der Waals surface area contributed by atoms with Gasteiger partial charge in [0.05, 0.1) is 11.4 Å². The topological polar surface area (TPSA) is 15.6 Å². The number of piperidine rings is 1. The molecule has 3 heterocycles. The fourth-order valence-corrected chi connectivity index (χ4v) is 2.40. The van der Waals surface area contributed by atoms with E-state index in [0.29, 0.717) is 11.1 Å². The van der Waals surface area contributed by atoms with Crippen LogP contribution in [0.3, 0.4) is 0 Å². The van der Waals surface area contributed by atoms with Gasteiger partial charge in [0.2, 0.25) is 0 Å². The molecule has 0 amide bonds. The molecule has 3 aliphatic rings. The Morgan fingerprint density at radius 3 is 2.41 bits per heavy atom. The largest absolute Gasteiger partial charge is 0.370 e. The molecule has 1 saturated heterocycles. The molecule has 94 valence electrons. The minimum atomic E-state index is 0.470. The summed E-state index contributed by atoms with van der Waals surface area (Å²) in [6, 6.07) is 0. The average molecular weight is 253 g/mol. The normalized spacial score (nSPS) is 19.9. The Bertz CT molecular complexity index is 347. The third-order valence-corrected chi connectivity index (χ3v) is 3.31. The smallest absolute Gasteiger partial charge is 0.128 e. The number of nitrogens with zero attached hydrogens (tertiary/aromatic N) is 2. The first-order valence-corrected chi connectivity index (χ1v) is 6.62. The molecule has 2 nitrogen and oxygen atoms in total. The Morgan fingerprint density at radius 2 is 1.94 bits per heavy atom. The molecule has 0 aliphatic carbocycles. The predicted octanol–water partition coefficient (Wildman–Crippen LogP) is 3.96. The van der Waals surface area contributed by atoms with E-state index in [-0.39, 0.29) is 0 Å². The summed E-state index contributed by atoms with van der Waals surface area (Å²) in [6.45, 7) is 13.7. The predicted molar refractivity (Wildman–Crippen MR) is 76.4 cm³/mol. The molecular formula is C14H21ClN2. The van der Waals surface area contributed by atoms with Crippen molar-refractivity contribution in [3.05, 3.63) is 36.7 Å². The monoisotopic (exact) mass is 252 g/mol. The van der Waals surface area contributed by atoms with Gasteiger partial charge in [0.1, 0.15) is 5.17 Å². The van der Waals surface area contributed by atoms with Gasteiger partial charge in [-0.2, -0.15) is 0 Å². The lowest BCUT2D eigenvalue weighted by atomic mass is 9.87. The summed E-state index contributed by atoms with van der Waals surface area (Å²) >= 11 is 5.90. The Labute approximate surface area is 109 Å². The second kappa shape index (κ2) is 6.65. The van der Waals surface area contributed by atoms with Crippen molar-refractivity contribution < 1.29 is 0 Å². The van der Waals surface area contributed by atoms with Crippen molar-refractivity contribution in [1.82, 2.24) is 4.90 Å². The van der Waals surface area contributed by atoms with Gasteiger partial charge in [-0.1, -0.05) is 38.6 Å². The fraction of sp³-hybridized carbons (Fsp3) is 0.500. The zero-order valence-corrected chi connectivity index (χ0v) is 11.5. The third kappa shape index (κ3) is 3.01. The van der Waals surface area contributed by atoms with E-state index in [1.807, 2.05) is 19.9 Å². The first-order chi connectivity index (χ1) is 8.26. The molecule has 0 aromatic carbocycles. The van der Waals surface area contributed by atoms with Crippen molar-refractivity contribution in [1.29, 1.82) is 0 Å². The van der Waals surface area contributed by atoms with E-state index in [1.54, 1.807) is 6.08 Å². The second-order valence-electron chi connectivity index (χ2n) is 3.87. The molecule has 17 heavy (non-hydrogen) atoms. The molecule has 2 bridgehead atoms. The molecule has 0 aromatic heterocycles. The van der Waals surface area contributed by atoms with Gasteiger partial charge in [0.15, 0.2) is 0 Å². The minimum Gasteiger partial charge on any atom is -0.370 e. The molecule has 0 spiro atoms. The number of hydrogen-bond donors (Lipinski definition) is 0. The molecule has 0 radical (unpaired) electrons. The summed E-state index contributed by atoms with van der Waals surface area (Å²) in [5.74, 6) is 0.552. The van der Waals surface area contributed by atoms with Crippen LogP contribution in [0.2, 0.25) is 0 Å². The van der Waals surface area contributed by atoms with Crippen molar-refractivity contribution >= 4 is 16.8 Å². The zero-order chi connectivity index (χ0) is 12.8. The van der Waals surface area contributed by atoms with Crippen LogP contribution >= 0.6 is 11.6 Å². The highest BCUT2D eigenvalue weighted by atomic mass is 35.5. The summed E-state index contributed by atoms with van der Waals surface area (Å²) in [4.78, 5) is 6.75. The lowest BCUT2D eigenvalue weighted by molar-refractivity contribution is 0.213. The van der Waals surface area contributed by atoms with E-state index < -0.39 is 0 Å². The van der Waals surface area contributed by atoms with Gasteiger partial charge in [-0.05, 0) is 25.0 Å². The lowest BCUT2D eigenvalue weighted by Crippen LogP contribution is -2.39. The summed E-state index contributed by atoms with van der Waals surface area (Å²) in [5.41, 5.74) is 2.24. The second-order valence-corrected chi connectivity index (χ2v) is 4.26. The average Bonchev–Trinajstić information content (AvgIpc) is 2.42. The van der Waals surface area contributed by atoms with Crippen LogP contribution in [0.4, 0.5) is 0 Å². The molecular weight excluding hydrogens is 232 g/mol. The maximum absolute atomic E-state index is 5.90. The molecule has 0 aromatic rings. The number of halogens is 1. The van der Waals surface area contributed by atoms with Crippen molar-refractivity contribution in [3.8, 4) is 0 Å². The molecule has 0 saturated carbocycles. The zero-order valence-electron chi connectivity index (χ0n) is 10.7. The number of allylic oxidation sites excluding steroid dienone is 3. The van der Waals surface area contributed by atoms with E-state index in [9.17, 15) is 0 Å². The van der Waals surface area contributed by atoms with Gasteiger partial charge >= 0.3 is 0 Å². The maximum atomic E-state index is 5.90. The molecule has 0 N–H and O–H groups in total. The van der Waals surface area contributed by atoms with E-state index in [4.69, 9.17) is 11.6 Å². The highest BCUT2D eigenvalue weighted by Crippen LogP contribution is 2.37. The van der Waals surface area contributed by atoms with E-state index in [0.717, 1.165) is 24.5 Å². The maximum Gasteiger partial charge on any atom is 0.128 e. The van der Waals surface area contributed by atoms with Gasteiger partial charge in [-0.3, -0.25) is 0 Å². The van der Waals surface area contributed by atoms with E-state index in [1.165, 1.54) is 12.8 Å². The van der Waals surface area contributed by atoms with Gasteiger partial charge in [0.25, 0.3) is 0 Å². The van der Waals surface area contributed by atoms with Gasteiger partial charge in [-0.15, -0.1) is 0 Å². The number of fused-ring (bicyclic) bond motifs is 2. The van der Waals surface area contributed by atoms with Crippen LogP contribution in [0.15, 0.2) is 41.7 Å². The number of aliphatic imine (C=N–C) groups is 1. The molecule has 3 aliphatic heterocycles. The van der Waals surface area contributed by atoms with Gasteiger partial charge in [-0.25, -0.2) is 4.99 Å². The summed E-state index contributed by atoms with van der Waals surface area (Å²) in [7, 11) is 0. The van der Waals surface area contributed by atoms with Crippen LogP contribution in [0.1, 0.15) is 26.7 Å². The lowest BCUT2D eigenvalue weighted by Gasteiger charge is -2.41. The van der Waals surface area contributed by atoms with Crippen LogP contribution < -0.4 is 0 Å². The molecule has 1 fully saturated rings. The highest BCUT2D eigenvalue weighted by Gasteiger charge is 2.31. The first-order valence-electron chi connectivity index (χ1n) is 6.24. The van der Waals surface area contributed by atoms with Crippen molar-refractivity contribution in [2.45, 2.75) is 26.7 Å². The van der Waals surface area contributed by atoms with Crippen LogP contribution in [-0.4, -0.2) is 23.2 Å². The quantitative estimate of drug-likeness (QED) is 0.695. The third-order valence-electron chi connectivity index (χ3n) is 3.07. The van der Waals surface area contributed by atoms with E-state index >= 15 is 0 Å². The Kier molecular flexibility index (Phi) is 5.49. The first kappa shape index (κ1) is 14.0. The molecule has 0 unspecified atom stereocenters. The van der Waals surface area contributed by atoms with Crippen molar-refractivity contribution in [2.75, 3.05) is 13.1 Å². The highest BCUT2D eigenvalue weighted by molar-refractivity contribution is 6.68. The Morgan fingerprint density at radius 1 is 1.35 bits per heavy atom. The van der Waals surface area contributed by atoms with Crippen LogP contribution in [0.25, 0.3) is 0 Å². The Balaban J connectivity index is 0.000000686. The van der Waals surface area contributed by atoms with Gasteiger partial charge in [0, 0.05) is 19.0 Å². The summed E-state index contributed by atoms with van der Waals surface area (Å²) in [5, 5.41) is 0.470. The summed E-state index contributed by atoms with van der Waals surface area (Å²) < 4.78 is 0. The van der Waals surface area contributed by atoms with Crippen molar-refractivity contribution in [2.24, 2.45) is 10.9 Å². The minimum absolute atomic E-state index is 0.470.